The molecule has 4 nitrogen and oxygen atoms in total. The number of aryl methyl sites for hydroxylation is 2. The third kappa shape index (κ3) is 3.84. The lowest BCUT2D eigenvalue weighted by atomic mass is 9.98. The van der Waals surface area contributed by atoms with Crippen molar-refractivity contribution >= 4 is 53.4 Å². The first-order valence-corrected chi connectivity index (χ1v) is 11.8. The average Bonchev–Trinajstić information content (AvgIpc) is 2.98. The van der Waals surface area contributed by atoms with Crippen LogP contribution in [0.4, 0.5) is 0 Å². The molecular formula is C21H20Br2N2O2S. The largest absolute Gasteiger partial charge is 0.487 e. The van der Waals surface area contributed by atoms with Crippen LogP contribution in [0.5, 0.6) is 5.75 Å². The zero-order valence-corrected chi connectivity index (χ0v) is 19.3. The van der Waals surface area contributed by atoms with Crippen LogP contribution in [0.3, 0.4) is 0 Å². The van der Waals surface area contributed by atoms with E-state index in [-0.39, 0.29) is 5.56 Å². The van der Waals surface area contributed by atoms with E-state index in [0.29, 0.717) is 18.2 Å². The lowest BCUT2D eigenvalue weighted by Gasteiger charge is -2.11. The van der Waals surface area contributed by atoms with Gasteiger partial charge in [0.1, 0.15) is 23.0 Å². The average molecular weight is 524 g/mol. The van der Waals surface area contributed by atoms with Gasteiger partial charge in [-0.25, -0.2) is 4.98 Å². The van der Waals surface area contributed by atoms with Gasteiger partial charge < -0.3 is 9.72 Å². The highest BCUT2D eigenvalue weighted by molar-refractivity contribution is 9.11. The van der Waals surface area contributed by atoms with Crippen molar-refractivity contribution in [2.24, 2.45) is 0 Å². The van der Waals surface area contributed by atoms with E-state index in [4.69, 9.17) is 9.72 Å². The molecule has 2 aromatic heterocycles. The fraction of sp³-hybridized carbons (Fsp3) is 0.333. The van der Waals surface area contributed by atoms with Crippen LogP contribution in [0.25, 0.3) is 21.6 Å². The highest BCUT2D eigenvalue weighted by atomic mass is 79.9. The fourth-order valence-electron chi connectivity index (χ4n) is 3.63. The maximum absolute atomic E-state index is 12.9. The standard InChI is InChI=1S/C21H20Br2N2O2S/c1-2-9-27-18-14(22)10-12(11-15(18)23)19-24-20(26)17-13-7-5-3-4-6-8-16(13)28-21(17)25-19/h2,10-11H,1,3-9H2,(H,24,25,26). The second-order valence-electron chi connectivity index (χ2n) is 6.88. The first kappa shape index (κ1) is 19.9. The second-order valence-corrected chi connectivity index (χ2v) is 9.67. The molecule has 0 unspecified atom stereocenters. The molecule has 0 bridgehead atoms. The molecule has 0 radical (unpaired) electrons. The van der Waals surface area contributed by atoms with Gasteiger partial charge in [0.15, 0.2) is 0 Å². The van der Waals surface area contributed by atoms with E-state index in [1.165, 1.54) is 29.7 Å². The quantitative estimate of drug-likeness (QED) is 0.402. The van der Waals surface area contributed by atoms with Gasteiger partial charge in [0.05, 0.1) is 14.3 Å². The highest BCUT2D eigenvalue weighted by Crippen LogP contribution is 2.38. The number of hydrogen-bond acceptors (Lipinski definition) is 4. The van der Waals surface area contributed by atoms with Gasteiger partial charge in [-0.3, -0.25) is 4.79 Å². The monoisotopic (exact) mass is 522 g/mol. The van der Waals surface area contributed by atoms with Crippen LogP contribution in [-0.4, -0.2) is 16.6 Å². The summed E-state index contributed by atoms with van der Waals surface area (Å²) in [6, 6.07) is 3.83. The summed E-state index contributed by atoms with van der Waals surface area (Å²) in [6.45, 7) is 4.09. The summed E-state index contributed by atoms with van der Waals surface area (Å²) >= 11 is 8.78. The first-order chi connectivity index (χ1) is 13.6. The van der Waals surface area contributed by atoms with E-state index < -0.39 is 0 Å². The number of fused-ring (bicyclic) bond motifs is 3. The molecule has 1 aromatic carbocycles. The number of benzene rings is 1. The highest BCUT2D eigenvalue weighted by Gasteiger charge is 2.19. The third-order valence-electron chi connectivity index (χ3n) is 4.94. The van der Waals surface area contributed by atoms with Gasteiger partial charge in [0.2, 0.25) is 0 Å². The molecule has 0 fully saturated rings. The van der Waals surface area contributed by atoms with Crippen molar-refractivity contribution in [2.45, 2.75) is 38.5 Å². The Morgan fingerprint density at radius 2 is 1.89 bits per heavy atom. The molecule has 0 atom stereocenters. The Labute approximate surface area is 184 Å². The fourth-order valence-corrected chi connectivity index (χ4v) is 6.31. The third-order valence-corrected chi connectivity index (χ3v) is 7.31. The van der Waals surface area contributed by atoms with Gasteiger partial charge in [0.25, 0.3) is 5.56 Å². The number of thiophene rings is 1. The molecule has 146 valence electrons. The Kier molecular flexibility index (Phi) is 6.04. The van der Waals surface area contributed by atoms with Crippen LogP contribution in [0.1, 0.15) is 36.1 Å². The predicted octanol–water partition coefficient (Wildman–Crippen LogP) is 6.40. The molecule has 7 heteroatoms. The van der Waals surface area contributed by atoms with Gasteiger partial charge in [0, 0.05) is 10.4 Å². The normalized spacial score (nSPS) is 14.4. The number of H-pyrrole nitrogens is 1. The summed E-state index contributed by atoms with van der Waals surface area (Å²) < 4.78 is 7.26. The van der Waals surface area contributed by atoms with Gasteiger partial charge in [-0.2, -0.15) is 0 Å². The van der Waals surface area contributed by atoms with Crippen LogP contribution < -0.4 is 10.3 Å². The number of nitrogens with zero attached hydrogens (tertiary/aromatic N) is 1. The maximum Gasteiger partial charge on any atom is 0.260 e. The second kappa shape index (κ2) is 8.51. The molecule has 28 heavy (non-hydrogen) atoms. The van der Waals surface area contributed by atoms with E-state index in [0.717, 1.165) is 44.0 Å². The van der Waals surface area contributed by atoms with Crippen molar-refractivity contribution in [3.63, 3.8) is 0 Å². The maximum atomic E-state index is 12.9. The van der Waals surface area contributed by atoms with Crippen molar-refractivity contribution in [1.82, 2.24) is 9.97 Å². The molecule has 0 saturated carbocycles. The summed E-state index contributed by atoms with van der Waals surface area (Å²) in [5.74, 6) is 1.27. The molecule has 0 saturated heterocycles. The molecule has 1 aliphatic carbocycles. The van der Waals surface area contributed by atoms with Crippen LogP contribution in [0.15, 0.2) is 38.5 Å². The molecule has 2 heterocycles. The number of ether oxygens (including phenoxy) is 1. The number of nitrogens with one attached hydrogen (secondary N) is 1. The number of aromatic nitrogens is 2. The Bertz CT molecular complexity index is 1080. The summed E-state index contributed by atoms with van der Waals surface area (Å²) in [6.07, 6.45) is 8.57. The molecule has 4 rings (SSSR count). The molecular weight excluding hydrogens is 504 g/mol. The van der Waals surface area contributed by atoms with Gasteiger partial charge in [-0.15, -0.1) is 11.3 Å². The summed E-state index contributed by atoms with van der Waals surface area (Å²) in [5, 5.41) is 0.787. The number of hydrogen-bond donors (Lipinski definition) is 1. The SMILES string of the molecule is C=CCOc1c(Br)cc(-c2nc3sc4c(c3c(=O)[nH]2)CCCCCC4)cc1Br. The van der Waals surface area contributed by atoms with E-state index in [1.54, 1.807) is 17.4 Å². The van der Waals surface area contributed by atoms with Crippen LogP contribution in [0, 0.1) is 0 Å². The molecule has 0 spiro atoms. The van der Waals surface area contributed by atoms with Gasteiger partial charge in [-0.1, -0.05) is 25.5 Å². The number of rotatable bonds is 4. The zero-order chi connectivity index (χ0) is 19.7. The Hall–Kier alpha value is -1.44. The van der Waals surface area contributed by atoms with Crippen LogP contribution in [-0.2, 0) is 12.8 Å². The molecule has 3 aromatic rings. The topological polar surface area (TPSA) is 55.0 Å². The minimum atomic E-state index is -0.0442. The Balaban J connectivity index is 1.80. The number of halogens is 2. The smallest absolute Gasteiger partial charge is 0.260 e. The van der Waals surface area contributed by atoms with Crippen molar-refractivity contribution in [2.75, 3.05) is 6.61 Å². The lowest BCUT2D eigenvalue weighted by molar-refractivity contribution is 0.358. The Morgan fingerprint density at radius 1 is 1.18 bits per heavy atom. The molecule has 1 aliphatic rings. The van der Waals surface area contributed by atoms with Crippen molar-refractivity contribution in [3.05, 3.63) is 54.5 Å². The van der Waals surface area contributed by atoms with E-state index in [1.807, 2.05) is 12.1 Å². The predicted molar refractivity (Wildman–Crippen MR) is 123 cm³/mol. The van der Waals surface area contributed by atoms with E-state index in [9.17, 15) is 4.79 Å². The lowest BCUT2D eigenvalue weighted by Crippen LogP contribution is -2.10. The first-order valence-electron chi connectivity index (χ1n) is 9.36. The summed E-state index contributed by atoms with van der Waals surface area (Å²) in [4.78, 5) is 22.9. The van der Waals surface area contributed by atoms with E-state index in [2.05, 4.69) is 43.4 Å². The van der Waals surface area contributed by atoms with Crippen molar-refractivity contribution < 1.29 is 4.74 Å². The molecule has 0 aliphatic heterocycles. The van der Waals surface area contributed by atoms with Crippen molar-refractivity contribution in [3.8, 4) is 17.1 Å². The minimum Gasteiger partial charge on any atom is -0.487 e. The van der Waals surface area contributed by atoms with E-state index >= 15 is 0 Å². The van der Waals surface area contributed by atoms with Crippen molar-refractivity contribution in [1.29, 1.82) is 0 Å². The molecule has 0 amide bonds. The van der Waals surface area contributed by atoms with Gasteiger partial charge in [-0.05, 0) is 75.2 Å². The van der Waals surface area contributed by atoms with Crippen LogP contribution in [0.2, 0.25) is 0 Å². The van der Waals surface area contributed by atoms with Gasteiger partial charge >= 0.3 is 0 Å². The minimum absolute atomic E-state index is 0.0442. The summed E-state index contributed by atoms with van der Waals surface area (Å²) in [5.41, 5.74) is 2.00. The zero-order valence-electron chi connectivity index (χ0n) is 15.3. The molecule has 1 N–H and O–H groups in total. The summed E-state index contributed by atoms with van der Waals surface area (Å²) in [7, 11) is 0. The number of aromatic amines is 1. The Morgan fingerprint density at radius 3 is 2.61 bits per heavy atom. The van der Waals surface area contributed by atoms with Crippen LogP contribution >= 0.6 is 43.2 Å².